The number of hydrogen-bond donors (Lipinski definition) is 0. The van der Waals surface area contributed by atoms with Gasteiger partial charge in [0.15, 0.2) is 0 Å². The Balaban J connectivity index is 1.34. The van der Waals surface area contributed by atoms with Gasteiger partial charge in [-0.15, -0.1) is 0 Å². The standard InChI is InChI=1S/C34H35N3O4S/c1-42(39,40)41-25-31-23-35(22-27-14-6-2-7-15-27)26-36(31)33(38)32-24-37(32)34(28-16-8-3-9-17-28,29-18-10-4-11-19-29)30-20-12-5-13-21-30/h2-21,31-32H,22-26H2,1H3/t31-,32?,37?/m1/s1. The first-order chi connectivity index (χ1) is 20.4. The summed E-state index contributed by atoms with van der Waals surface area (Å²) in [4.78, 5) is 20.6. The highest BCUT2D eigenvalue weighted by Crippen LogP contribution is 2.48. The molecule has 0 aromatic heterocycles. The summed E-state index contributed by atoms with van der Waals surface area (Å²) in [6.07, 6.45) is 1.05. The molecule has 0 saturated carbocycles. The second kappa shape index (κ2) is 11.8. The molecule has 2 unspecified atom stereocenters. The van der Waals surface area contributed by atoms with Crippen molar-refractivity contribution in [2.75, 3.05) is 32.6 Å². The Morgan fingerprint density at radius 1 is 0.762 bits per heavy atom. The number of rotatable bonds is 10. The summed E-state index contributed by atoms with van der Waals surface area (Å²) >= 11 is 0. The Morgan fingerprint density at radius 2 is 1.24 bits per heavy atom. The van der Waals surface area contributed by atoms with Gasteiger partial charge in [0.25, 0.3) is 10.1 Å². The molecule has 0 radical (unpaired) electrons. The molecule has 0 spiro atoms. The number of benzene rings is 4. The van der Waals surface area contributed by atoms with Crippen LogP contribution in [0.25, 0.3) is 0 Å². The summed E-state index contributed by atoms with van der Waals surface area (Å²) in [6, 6.07) is 40.3. The van der Waals surface area contributed by atoms with Gasteiger partial charge in [0.05, 0.1) is 31.1 Å². The normalized spacial score (nSPS) is 20.9. The van der Waals surface area contributed by atoms with Crippen molar-refractivity contribution in [2.45, 2.75) is 24.2 Å². The Labute approximate surface area is 248 Å². The van der Waals surface area contributed by atoms with Gasteiger partial charge in [-0.25, -0.2) is 0 Å². The van der Waals surface area contributed by atoms with Crippen LogP contribution in [0.4, 0.5) is 0 Å². The molecule has 1 amide bonds. The Kier molecular flexibility index (Phi) is 7.96. The van der Waals surface area contributed by atoms with Crippen molar-refractivity contribution >= 4 is 16.0 Å². The monoisotopic (exact) mass is 581 g/mol. The van der Waals surface area contributed by atoms with Crippen LogP contribution in [-0.2, 0) is 31.2 Å². The van der Waals surface area contributed by atoms with Gasteiger partial charge in [0.2, 0.25) is 5.91 Å². The van der Waals surface area contributed by atoms with Gasteiger partial charge in [-0.05, 0) is 22.3 Å². The van der Waals surface area contributed by atoms with E-state index in [4.69, 9.17) is 4.18 Å². The zero-order valence-corrected chi connectivity index (χ0v) is 24.4. The lowest BCUT2D eigenvalue weighted by Gasteiger charge is -2.38. The van der Waals surface area contributed by atoms with Gasteiger partial charge in [0.1, 0.15) is 6.04 Å². The van der Waals surface area contributed by atoms with E-state index >= 15 is 0 Å². The zero-order chi connectivity index (χ0) is 29.2. The summed E-state index contributed by atoms with van der Waals surface area (Å²) < 4.78 is 29.0. The summed E-state index contributed by atoms with van der Waals surface area (Å²) in [5.41, 5.74) is 3.72. The van der Waals surface area contributed by atoms with Crippen LogP contribution in [0.1, 0.15) is 22.3 Å². The maximum atomic E-state index is 14.3. The summed E-state index contributed by atoms with van der Waals surface area (Å²) in [5, 5.41) is 0. The molecule has 8 heteroatoms. The highest BCUT2D eigenvalue weighted by atomic mass is 32.2. The molecular formula is C34H35N3O4S. The molecule has 3 atom stereocenters. The minimum absolute atomic E-state index is 0.0140. The van der Waals surface area contributed by atoms with Gasteiger partial charge >= 0.3 is 0 Å². The fourth-order valence-electron chi connectivity index (χ4n) is 6.28. The first kappa shape index (κ1) is 28.3. The van der Waals surface area contributed by atoms with Crippen molar-refractivity contribution in [3.63, 3.8) is 0 Å². The van der Waals surface area contributed by atoms with Crippen molar-refractivity contribution in [1.82, 2.24) is 14.7 Å². The lowest BCUT2D eigenvalue weighted by molar-refractivity contribution is -0.133. The van der Waals surface area contributed by atoms with E-state index < -0.39 is 15.7 Å². The van der Waals surface area contributed by atoms with Crippen LogP contribution in [0.3, 0.4) is 0 Å². The fourth-order valence-corrected chi connectivity index (χ4v) is 6.69. The van der Waals surface area contributed by atoms with Crippen LogP contribution in [-0.4, -0.2) is 73.7 Å². The molecule has 4 aromatic carbocycles. The fraction of sp³-hybridized carbons (Fsp3) is 0.265. The molecule has 2 aliphatic rings. The predicted molar refractivity (Wildman–Crippen MR) is 163 cm³/mol. The zero-order valence-electron chi connectivity index (χ0n) is 23.6. The van der Waals surface area contributed by atoms with E-state index in [2.05, 4.69) is 58.3 Å². The first-order valence-electron chi connectivity index (χ1n) is 14.2. The van der Waals surface area contributed by atoms with E-state index in [1.165, 1.54) is 0 Å². The summed E-state index contributed by atoms with van der Waals surface area (Å²) in [6.45, 7) is 2.11. The lowest BCUT2D eigenvalue weighted by Crippen LogP contribution is -2.46. The molecule has 6 rings (SSSR count). The third-order valence-electron chi connectivity index (χ3n) is 8.17. The van der Waals surface area contributed by atoms with Gasteiger partial charge in [-0.2, -0.15) is 8.42 Å². The van der Waals surface area contributed by atoms with Crippen LogP contribution >= 0.6 is 0 Å². The van der Waals surface area contributed by atoms with E-state index in [1.807, 2.05) is 77.7 Å². The number of nitrogens with zero attached hydrogens (tertiary/aromatic N) is 3. The molecule has 0 N–H and O–H groups in total. The summed E-state index contributed by atoms with van der Waals surface area (Å²) in [7, 11) is -3.65. The smallest absolute Gasteiger partial charge is 0.264 e. The number of carbonyl (C=O) groups is 1. The second-order valence-electron chi connectivity index (χ2n) is 11.1. The molecule has 2 saturated heterocycles. The van der Waals surface area contributed by atoms with Gasteiger partial charge in [0, 0.05) is 19.6 Å². The average Bonchev–Trinajstić information content (AvgIpc) is 3.71. The average molecular weight is 582 g/mol. The minimum Gasteiger partial charge on any atom is -0.322 e. The van der Waals surface area contributed by atoms with Gasteiger partial charge in [-0.3, -0.25) is 18.8 Å². The maximum absolute atomic E-state index is 14.3. The maximum Gasteiger partial charge on any atom is 0.264 e. The van der Waals surface area contributed by atoms with E-state index in [-0.39, 0.29) is 24.6 Å². The van der Waals surface area contributed by atoms with Crippen molar-refractivity contribution in [3.05, 3.63) is 144 Å². The van der Waals surface area contributed by atoms with Crippen molar-refractivity contribution in [2.24, 2.45) is 0 Å². The highest BCUT2D eigenvalue weighted by Gasteiger charge is 2.57. The molecule has 216 valence electrons. The largest absolute Gasteiger partial charge is 0.322 e. The van der Waals surface area contributed by atoms with Crippen LogP contribution < -0.4 is 0 Å². The molecule has 0 bridgehead atoms. The Morgan fingerprint density at radius 3 is 1.71 bits per heavy atom. The molecule has 2 aliphatic heterocycles. The first-order valence-corrected chi connectivity index (χ1v) is 16.0. The molecule has 42 heavy (non-hydrogen) atoms. The number of amides is 1. The van der Waals surface area contributed by atoms with Gasteiger partial charge < -0.3 is 4.90 Å². The molecule has 2 fully saturated rings. The molecule has 0 aliphatic carbocycles. The Hall–Kier alpha value is -3.82. The molecule has 7 nitrogen and oxygen atoms in total. The third kappa shape index (κ3) is 5.76. The van der Waals surface area contributed by atoms with Crippen LogP contribution in [0.2, 0.25) is 0 Å². The van der Waals surface area contributed by atoms with E-state index in [1.54, 1.807) is 0 Å². The molecular weight excluding hydrogens is 546 g/mol. The molecule has 2 heterocycles. The summed E-state index contributed by atoms with van der Waals surface area (Å²) in [5.74, 6) is -0.0140. The van der Waals surface area contributed by atoms with Crippen molar-refractivity contribution in [3.8, 4) is 0 Å². The minimum atomic E-state index is -3.65. The quantitative estimate of drug-likeness (QED) is 0.158. The van der Waals surface area contributed by atoms with E-state index in [9.17, 15) is 13.2 Å². The van der Waals surface area contributed by atoms with Gasteiger partial charge in [-0.1, -0.05) is 121 Å². The van der Waals surface area contributed by atoms with Crippen molar-refractivity contribution < 1.29 is 17.4 Å². The number of carbonyl (C=O) groups excluding carboxylic acids is 1. The Bertz CT molecular complexity index is 1510. The SMILES string of the molecule is CS(=O)(=O)OC[C@H]1CN(Cc2ccccc2)CN1C(=O)C1CN1C(c1ccccc1)(c1ccccc1)c1ccccc1. The third-order valence-corrected chi connectivity index (χ3v) is 8.74. The molecule has 4 aromatic rings. The highest BCUT2D eigenvalue weighted by molar-refractivity contribution is 7.85. The van der Waals surface area contributed by atoms with Crippen LogP contribution in [0.5, 0.6) is 0 Å². The van der Waals surface area contributed by atoms with E-state index in [0.717, 1.165) is 28.5 Å². The lowest BCUT2D eigenvalue weighted by atomic mass is 9.76. The van der Waals surface area contributed by atoms with Crippen molar-refractivity contribution in [1.29, 1.82) is 0 Å². The van der Waals surface area contributed by atoms with Crippen LogP contribution in [0.15, 0.2) is 121 Å². The number of hydrogen-bond acceptors (Lipinski definition) is 6. The predicted octanol–water partition coefficient (Wildman–Crippen LogP) is 4.31. The second-order valence-corrected chi connectivity index (χ2v) is 12.7. The van der Waals surface area contributed by atoms with E-state index in [0.29, 0.717) is 26.3 Å². The topological polar surface area (TPSA) is 69.9 Å². The van der Waals surface area contributed by atoms with Crippen LogP contribution in [0, 0.1) is 0 Å².